The van der Waals surface area contributed by atoms with Crippen molar-refractivity contribution in [3.63, 3.8) is 0 Å². The van der Waals surface area contributed by atoms with Gasteiger partial charge in [-0.1, -0.05) is 41.1 Å². The van der Waals surface area contributed by atoms with Crippen LogP contribution in [0.25, 0.3) is 0 Å². The lowest BCUT2D eigenvalue weighted by Gasteiger charge is -2.08. The smallest absolute Gasteiger partial charge is 0.138 e. The molecule has 100 valence electrons. The van der Waals surface area contributed by atoms with E-state index in [1.54, 1.807) is 6.20 Å². The van der Waals surface area contributed by atoms with Gasteiger partial charge >= 0.3 is 0 Å². The van der Waals surface area contributed by atoms with E-state index in [0.717, 1.165) is 34.6 Å². The topological polar surface area (TPSA) is 34.1 Å². The normalized spacial score (nSPS) is 10.4. The molecule has 0 aliphatic heterocycles. The molecule has 2 rings (SSSR count). The molecule has 0 radical (unpaired) electrons. The minimum Gasteiger partial charge on any atom is -0.487 e. The minimum absolute atomic E-state index is 0.537. The van der Waals surface area contributed by atoms with Crippen molar-refractivity contribution in [2.24, 2.45) is 0 Å². The third-order valence-electron chi connectivity index (χ3n) is 2.71. The monoisotopic (exact) mass is 320 g/mol. The van der Waals surface area contributed by atoms with Crippen molar-refractivity contribution >= 4 is 15.9 Å². The van der Waals surface area contributed by atoms with E-state index in [9.17, 15) is 0 Å². The Balaban J connectivity index is 1.91. The first-order chi connectivity index (χ1) is 9.29. The molecule has 3 nitrogen and oxygen atoms in total. The second-order valence-electron chi connectivity index (χ2n) is 4.15. The van der Waals surface area contributed by atoms with E-state index in [0.29, 0.717) is 6.61 Å². The van der Waals surface area contributed by atoms with Crippen molar-refractivity contribution in [3.8, 4) is 5.75 Å². The van der Waals surface area contributed by atoms with E-state index in [-0.39, 0.29) is 0 Å². The number of pyridine rings is 1. The summed E-state index contributed by atoms with van der Waals surface area (Å²) in [6.07, 6.45) is 1.77. The molecule has 0 fully saturated rings. The number of halogens is 1. The average molecular weight is 321 g/mol. The number of aromatic nitrogens is 1. The van der Waals surface area contributed by atoms with E-state index in [4.69, 9.17) is 4.74 Å². The second kappa shape index (κ2) is 7.26. The standard InChI is InChI=1S/C15H17BrN2O/c1-2-17-9-13-7-8-14(10-18-13)19-11-12-5-3-4-6-15(12)16/h3-8,10,17H,2,9,11H2,1H3. The first-order valence-corrected chi connectivity index (χ1v) is 7.10. The Labute approximate surface area is 122 Å². The van der Waals surface area contributed by atoms with Crippen LogP contribution >= 0.6 is 15.9 Å². The molecule has 0 spiro atoms. The SMILES string of the molecule is CCNCc1ccc(OCc2ccccc2Br)cn1. The average Bonchev–Trinajstić information content (AvgIpc) is 2.45. The molecule has 1 N–H and O–H groups in total. The Morgan fingerprint density at radius 1 is 1.21 bits per heavy atom. The van der Waals surface area contributed by atoms with Gasteiger partial charge in [0, 0.05) is 16.6 Å². The molecular formula is C15H17BrN2O. The number of hydrogen-bond acceptors (Lipinski definition) is 3. The quantitative estimate of drug-likeness (QED) is 0.884. The van der Waals surface area contributed by atoms with Crippen LogP contribution in [0.1, 0.15) is 18.2 Å². The van der Waals surface area contributed by atoms with Crippen LogP contribution < -0.4 is 10.1 Å². The zero-order chi connectivity index (χ0) is 13.5. The zero-order valence-electron chi connectivity index (χ0n) is 10.9. The van der Waals surface area contributed by atoms with E-state index in [1.165, 1.54) is 0 Å². The molecule has 0 saturated carbocycles. The molecule has 0 aliphatic carbocycles. The fourth-order valence-electron chi connectivity index (χ4n) is 1.63. The Morgan fingerprint density at radius 3 is 2.74 bits per heavy atom. The van der Waals surface area contributed by atoms with Crippen LogP contribution in [0.5, 0.6) is 5.75 Å². The lowest BCUT2D eigenvalue weighted by Crippen LogP contribution is -2.12. The highest BCUT2D eigenvalue weighted by atomic mass is 79.9. The maximum atomic E-state index is 5.72. The molecule has 0 bridgehead atoms. The number of nitrogens with zero attached hydrogens (tertiary/aromatic N) is 1. The van der Waals surface area contributed by atoms with Crippen LogP contribution in [0, 0.1) is 0 Å². The summed E-state index contributed by atoms with van der Waals surface area (Å²) >= 11 is 3.51. The van der Waals surface area contributed by atoms with Gasteiger partial charge in [-0.2, -0.15) is 0 Å². The highest BCUT2D eigenvalue weighted by Gasteiger charge is 2.01. The Morgan fingerprint density at radius 2 is 2.05 bits per heavy atom. The van der Waals surface area contributed by atoms with Crippen LogP contribution in [0.3, 0.4) is 0 Å². The molecule has 19 heavy (non-hydrogen) atoms. The van der Waals surface area contributed by atoms with Gasteiger partial charge in [-0.15, -0.1) is 0 Å². The van der Waals surface area contributed by atoms with Crippen LogP contribution in [-0.4, -0.2) is 11.5 Å². The molecule has 4 heteroatoms. The maximum Gasteiger partial charge on any atom is 0.138 e. The lowest BCUT2D eigenvalue weighted by molar-refractivity contribution is 0.304. The van der Waals surface area contributed by atoms with Crippen molar-refractivity contribution < 1.29 is 4.74 Å². The highest BCUT2D eigenvalue weighted by molar-refractivity contribution is 9.10. The molecule has 0 aliphatic rings. The number of rotatable bonds is 6. The summed E-state index contributed by atoms with van der Waals surface area (Å²) in [5.41, 5.74) is 2.15. The molecule has 1 heterocycles. The fourth-order valence-corrected chi connectivity index (χ4v) is 2.03. The highest BCUT2D eigenvalue weighted by Crippen LogP contribution is 2.18. The predicted octanol–water partition coefficient (Wildman–Crippen LogP) is 3.53. The van der Waals surface area contributed by atoms with Gasteiger partial charge < -0.3 is 10.1 Å². The Hall–Kier alpha value is -1.39. The number of hydrogen-bond donors (Lipinski definition) is 1. The van der Waals surface area contributed by atoms with Gasteiger partial charge in [-0.05, 0) is 24.7 Å². The Bertz CT molecular complexity index is 514. The molecule has 2 aromatic rings. The summed E-state index contributed by atoms with van der Waals surface area (Å²) in [5.74, 6) is 0.788. The molecule has 1 aromatic heterocycles. The molecular weight excluding hydrogens is 304 g/mol. The largest absolute Gasteiger partial charge is 0.487 e. The molecule has 0 saturated heterocycles. The number of benzene rings is 1. The van der Waals surface area contributed by atoms with Crippen LogP contribution in [-0.2, 0) is 13.2 Å². The van der Waals surface area contributed by atoms with E-state index >= 15 is 0 Å². The first kappa shape index (κ1) is 14.0. The summed E-state index contributed by atoms with van der Waals surface area (Å²) in [6, 6.07) is 12.0. The predicted molar refractivity (Wildman–Crippen MR) is 80.1 cm³/mol. The summed E-state index contributed by atoms with van der Waals surface area (Å²) in [4.78, 5) is 4.35. The first-order valence-electron chi connectivity index (χ1n) is 6.31. The van der Waals surface area contributed by atoms with Gasteiger partial charge in [0.15, 0.2) is 0 Å². The van der Waals surface area contributed by atoms with E-state index in [1.807, 2.05) is 36.4 Å². The third kappa shape index (κ3) is 4.33. The van der Waals surface area contributed by atoms with Crippen molar-refractivity contribution in [1.29, 1.82) is 0 Å². The van der Waals surface area contributed by atoms with Crippen LogP contribution in [0.2, 0.25) is 0 Å². The van der Waals surface area contributed by atoms with Crippen LogP contribution in [0.4, 0.5) is 0 Å². The molecule has 1 aromatic carbocycles. The van der Waals surface area contributed by atoms with Gasteiger partial charge in [-0.25, -0.2) is 0 Å². The molecule has 0 unspecified atom stereocenters. The minimum atomic E-state index is 0.537. The number of nitrogens with one attached hydrogen (secondary N) is 1. The summed E-state index contributed by atoms with van der Waals surface area (Å²) in [6.45, 7) is 4.35. The summed E-state index contributed by atoms with van der Waals surface area (Å²) in [7, 11) is 0. The van der Waals surface area contributed by atoms with Crippen molar-refractivity contribution in [2.45, 2.75) is 20.1 Å². The maximum absolute atomic E-state index is 5.72. The van der Waals surface area contributed by atoms with Gasteiger partial charge in [0.2, 0.25) is 0 Å². The molecule has 0 atom stereocenters. The lowest BCUT2D eigenvalue weighted by atomic mass is 10.2. The summed E-state index contributed by atoms with van der Waals surface area (Å²) < 4.78 is 6.78. The third-order valence-corrected chi connectivity index (χ3v) is 3.48. The Kier molecular flexibility index (Phi) is 5.36. The van der Waals surface area contributed by atoms with Gasteiger partial charge in [0.1, 0.15) is 12.4 Å². The van der Waals surface area contributed by atoms with Crippen LogP contribution in [0.15, 0.2) is 47.1 Å². The van der Waals surface area contributed by atoms with Crippen molar-refractivity contribution in [1.82, 2.24) is 10.3 Å². The van der Waals surface area contributed by atoms with E-state index < -0.39 is 0 Å². The van der Waals surface area contributed by atoms with Gasteiger partial charge in [-0.3, -0.25) is 4.98 Å². The van der Waals surface area contributed by atoms with Gasteiger partial charge in [0.25, 0.3) is 0 Å². The summed E-state index contributed by atoms with van der Waals surface area (Å²) in [5, 5.41) is 3.24. The van der Waals surface area contributed by atoms with Gasteiger partial charge in [0.05, 0.1) is 11.9 Å². The van der Waals surface area contributed by atoms with Crippen molar-refractivity contribution in [2.75, 3.05) is 6.54 Å². The van der Waals surface area contributed by atoms with E-state index in [2.05, 4.69) is 33.2 Å². The zero-order valence-corrected chi connectivity index (χ0v) is 12.5. The second-order valence-corrected chi connectivity index (χ2v) is 5.00. The molecule has 0 amide bonds. The fraction of sp³-hybridized carbons (Fsp3) is 0.267. The number of ether oxygens (including phenoxy) is 1. The van der Waals surface area contributed by atoms with Crippen molar-refractivity contribution in [3.05, 3.63) is 58.3 Å².